The lowest BCUT2D eigenvalue weighted by Gasteiger charge is -1.97. The normalized spacial score (nSPS) is 11.4. The van der Waals surface area contributed by atoms with Crippen molar-refractivity contribution in [2.24, 2.45) is 4.99 Å². The molecule has 2 aromatic heterocycles. The maximum absolute atomic E-state index is 12.6. The molecular weight excluding hydrogens is 358 g/mol. The number of aromatic nitrogens is 2. The monoisotopic (exact) mass is 367 g/mol. The van der Waals surface area contributed by atoms with Crippen molar-refractivity contribution in [2.75, 3.05) is 0 Å². The van der Waals surface area contributed by atoms with E-state index in [4.69, 9.17) is 16.0 Å². The number of hydrogen-bond acceptors (Lipinski definition) is 6. The lowest BCUT2D eigenvalue weighted by atomic mass is 10.2. The summed E-state index contributed by atoms with van der Waals surface area (Å²) in [6.07, 6.45) is 3.08. The highest BCUT2D eigenvalue weighted by Crippen LogP contribution is 2.27. The lowest BCUT2D eigenvalue weighted by Crippen LogP contribution is -2.04. The zero-order valence-corrected chi connectivity index (χ0v) is 14.3. The van der Waals surface area contributed by atoms with Crippen LogP contribution in [0.4, 0.5) is 5.13 Å². The van der Waals surface area contributed by atoms with Gasteiger partial charge in [0.1, 0.15) is 11.8 Å². The van der Waals surface area contributed by atoms with Crippen LogP contribution in [0.2, 0.25) is 5.02 Å². The van der Waals surface area contributed by atoms with Gasteiger partial charge in [-0.1, -0.05) is 47.2 Å². The van der Waals surface area contributed by atoms with E-state index < -0.39 is 0 Å². The van der Waals surface area contributed by atoms with Gasteiger partial charge in [-0.2, -0.15) is 0 Å². The van der Waals surface area contributed by atoms with E-state index in [1.807, 2.05) is 18.2 Å². The van der Waals surface area contributed by atoms with E-state index in [0.717, 1.165) is 5.56 Å². The van der Waals surface area contributed by atoms with Crippen LogP contribution in [0.3, 0.4) is 0 Å². The molecule has 25 heavy (non-hydrogen) atoms. The van der Waals surface area contributed by atoms with Crippen LogP contribution in [-0.2, 0) is 0 Å². The Hall–Kier alpha value is -2.83. The van der Waals surface area contributed by atoms with E-state index in [9.17, 15) is 4.79 Å². The van der Waals surface area contributed by atoms with Gasteiger partial charge in [0.2, 0.25) is 10.6 Å². The molecule has 0 aliphatic heterocycles. The third-order valence-electron chi connectivity index (χ3n) is 3.52. The average Bonchev–Trinajstić information content (AvgIpc) is 3.10. The molecule has 0 fully saturated rings. The molecule has 0 saturated heterocycles. The highest BCUT2D eigenvalue weighted by atomic mass is 35.5. The van der Waals surface area contributed by atoms with Crippen molar-refractivity contribution in [3.05, 3.63) is 75.6 Å². The van der Waals surface area contributed by atoms with Crippen LogP contribution in [0.15, 0.2) is 69.0 Å². The number of hydrogen-bond donors (Lipinski definition) is 0. The van der Waals surface area contributed by atoms with Gasteiger partial charge in [0.05, 0.1) is 10.9 Å². The smallest absolute Gasteiger partial charge is 0.231 e. The van der Waals surface area contributed by atoms with Crippen molar-refractivity contribution in [2.45, 2.75) is 0 Å². The molecule has 2 aromatic carbocycles. The van der Waals surface area contributed by atoms with Gasteiger partial charge in [0, 0.05) is 11.2 Å². The Morgan fingerprint density at radius 1 is 1.08 bits per heavy atom. The molecule has 5 nitrogen and oxygen atoms in total. The number of fused-ring (bicyclic) bond motifs is 1. The molecule has 0 saturated carbocycles. The highest BCUT2D eigenvalue weighted by Gasteiger charge is 2.13. The predicted octanol–water partition coefficient (Wildman–Crippen LogP) is 4.72. The Labute approximate surface area is 151 Å². The van der Waals surface area contributed by atoms with Crippen molar-refractivity contribution in [1.82, 2.24) is 10.2 Å². The van der Waals surface area contributed by atoms with Gasteiger partial charge in [-0.3, -0.25) is 4.79 Å². The minimum absolute atomic E-state index is 0.133. The Bertz CT molecular complexity index is 1130. The largest absolute Gasteiger partial charge is 0.463 e. The lowest BCUT2D eigenvalue weighted by molar-refractivity contribution is 0.604. The summed E-state index contributed by atoms with van der Waals surface area (Å²) in [7, 11) is 0. The first-order chi connectivity index (χ1) is 12.2. The molecule has 2 heterocycles. The van der Waals surface area contributed by atoms with Crippen LogP contribution < -0.4 is 5.43 Å². The fourth-order valence-electron chi connectivity index (χ4n) is 2.28. The number of para-hydroxylation sites is 1. The van der Waals surface area contributed by atoms with Gasteiger partial charge in [0.25, 0.3) is 0 Å². The van der Waals surface area contributed by atoms with Gasteiger partial charge < -0.3 is 4.42 Å². The average molecular weight is 368 g/mol. The van der Waals surface area contributed by atoms with E-state index in [-0.39, 0.29) is 5.43 Å². The molecule has 0 unspecified atom stereocenters. The molecule has 0 aliphatic rings. The summed E-state index contributed by atoms with van der Waals surface area (Å²) in [5, 5.41) is 10.2. The highest BCUT2D eigenvalue weighted by molar-refractivity contribution is 7.18. The summed E-state index contributed by atoms with van der Waals surface area (Å²) in [5.41, 5.74) is 1.68. The maximum Gasteiger partial charge on any atom is 0.231 e. The van der Waals surface area contributed by atoms with Crippen LogP contribution in [-0.4, -0.2) is 16.4 Å². The molecule has 0 aliphatic carbocycles. The van der Waals surface area contributed by atoms with E-state index in [1.54, 1.807) is 36.5 Å². The molecule has 0 spiro atoms. The summed E-state index contributed by atoms with van der Waals surface area (Å²) >= 11 is 7.08. The molecule has 0 atom stereocenters. The van der Waals surface area contributed by atoms with E-state index in [1.165, 1.54) is 17.6 Å². The van der Waals surface area contributed by atoms with Crippen LogP contribution in [0.25, 0.3) is 21.5 Å². The quantitative estimate of drug-likeness (QED) is 0.491. The predicted molar refractivity (Wildman–Crippen MR) is 100 cm³/mol. The van der Waals surface area contributed by atoms with E-state index in [2.05, 4.69) is 15.2 Å². The van der Waals surface area contributed by atoms with Gasteiger partial charge in [-0.25, -0.2) is 4.99 Å². The second-order valence-electron chi connectivity index (χ2n) is 5.17. The number of nitrogens with zero attached hydrogens (tertiary/aromatic N) is 3. The number of aliphatic imine (C=N–C) groups is 1. The van der Waals surface area contributed by atoms with Crippen LogP contribution in [0.1, 0.15) is 5.56 Å². The Kier molecular flexibility index (Phi) is 4.13. The van der Waals surface area contributed by atoms with Gasteiger partial charge in [-0.15, -0.1) is 10.2 Å². The SMILES string of the molecule is O=c1c(-c2nnc(/N=C\c3ccc(Cl)cc3)s2)coc2ccccc12. The molecule has 4 rings (SSSR count). The summed E-state index contributed by atoms with van der Waals surface area (Å²) < 4.78 is 5.52. The van der Waals surface area contributed by atoms with Gasteiger partial charge in [-0.05, 0) is 29.8 Å². The minimum atomic E-state index is -0.133. The second kappa shape index (κ2) is 6.58. The van der Waals surface area contributed by atoms with Crippen molar-refractivity contribution >= 4 is 45.3 Å². The Balaban J connectivity index is 1.66. The third-order valence-corrected chi connectivity index (χ3v) is 4.64. The van der Waals surface area contributed by atoms with Crippen molar-refractivity contribution in [3.63, 3.8) is 0 Å². The van der Waals surface area contributed by atoms with E-state index in [0.29, 0.717) is 31.7 Å². The summed E-state index contributed by atoms with van der Waals surface area (Å²) in [4.78, 5) is 16.9. The van der Waals surface area contributed by atoms with E-state index >= 15 is 0 Å². The first-order valence-corrected chi connectivity index (χ1v) is 8.54. The van der Waals surface area contributed by atoms with Crippen molar-refractivity contribution in [3.8, 4) is 10.6 Å². The standard InChI is InChI=1S/C18H10ClN3O2S/c19-12-7-5-11(6-8-12)9-20-18-22-21-17(25-18)14-10-24-15-4-2-1-3-13(15)16(14)23/h1-10H/b20-9-. The Morgan fingerprint density at radius 2 is 1.88 bits per heavy atom. The summed E-state index contributed by atoms with van der Waals surface area (Å²) in [6.45, 7) is 0. The molecule has 122 valence electrons. The number of halogens is 1. The number of benzene rings is 2. The minimum Gasteiger partial charge on any atom is -0.463 e. The zero-order valence-electron chi connectivity index (χ0n) is 12.7. The maximum atomic E-state index is 12.6. The van der Waals surface area contributed by atoms with Crippen LogP contribution >= 0.6 is 22.9 Å². The molecule has 0 bridgehead atoms. The molecular formula is C18H10ClN3O2S. The van der Waals surface area contributed by atoms with Crippen LogP contribution in [0.5, 0.6) is 0 Å². The Morgan fingerprint density at radius 3 is 2.72 bits per heavy atom. The van der Waals surface area contributed by atoms with Crippen molar-refractivity contribution < 1.29 is 4.42 Å². The molecule has 0 radical (unpaired) electrons. The molecule has 0 N–H and O–H groups in total. The number of rotatable bonds is 3. The summed E-state index contributed by atoms with van der Waals surface area (Å²) in [6, 6.07) is 14.4. The van der Waals surface area contributed by atoms with Gasteiger partial charge >= 0.3 is 0 Å². The first kappa shape index (κ1) is 15.7. The molecule has 4 aromatic rings. The van der Waals surface area contributed by atoms with Crippen LogP contribution in [0, 0.1) is 0 Å². The van der Waals surface area contributed by atoms with Gasteiger partial charge in [0.15, 0.2) is 5.01 Å². The third kappa shape index (κ3) is 3.22. The molecule has 0 amide bonds. The molecule has 7 heteroatoms. The fourth-order valence-corrected chi connectivity index (χ4v) is 3.10. The fraction of sp³-hybridized carbons (Fsp3) is 0. The zero-order chi connectivity index (χ0) is 17.2. The topological polar surface area (TPSA) is 68.3 Å². The second-order valence-corrected chi connectivity index (χ2v) is 6.57. The summed E-state index contributed by atoms with van der Waals surface area (Å²) in [5.74, 6) is 0. The first-order valence-electron chi connectivity index (χ1n) is 7.35. The van der Waals surface area contributed by atoms with Crippen molar-refractivity contribution in [1.29, 1.82) is 0 Å².